The molecule has 18 heavy (non-hydrogen) atoms. The maximum Gasteiger partial charge on any atom is 0.257 e. The number of para-hydroxylation sites is 1. The molecule has 2 nitrogen and oxygen atoms in total. The molecule has 0 saturated carbocycles. The minimum atomic E-state index is -0.510. The summed E-state index contributed by atoms with van der Waals surface area (Å²) in [5.41, 5.74) is 0.297. The van der Waals surface area contributed by atoms with Crippen LogP contribution in [-0.4, -0.2) is 5.91 Å². The van der Waals surface area contributed by atoms with E-state index in [1.54, 1.807) is 12.1 Å². The average molecular weight is 284 g/mol. The van der Waals surface area contributed by atoms with E-state index in [0.717, 1.165) is 0 Å². The van der Waals surface area contributed by atoms with Crippen molar-refractivity contribution in [1.82, 2.24) is 0 Å². The van der Waals surface area contributed by atoms with Gasteiger partial charge in [-0.1, -0.05) is 35.3 Å². The van der Waals surface area contributed by atoms with Crippen molar-refractivity contribution in [3.8, 4) is 0 Å². The van der Waals surface area contributed by atoms with Crippen molar-refractivity contribution in [3.05, 3.63) is 63.9 Å². The summed E-state index contributed by atoms with van der Waals surface area (Å²) in [4.78, 5) is 11.9. The van der Waals surface area contributed by atoms with Gasteiger partial charge in [0, 0.05) is 5.02 Å². The van der Waals surface area contributed by atoms with Gasteiger partial charge in [0.2, 0.25) is 0 Å². The van der Waals surface area contributed by atoms with Gasteiger partial charge in [0.15, 0.2) is 0 Å². The van der Waals surface area contributed by atoms with Crippen LogP contribution < -0.4 is 5.32 Å². The number of nitrogens with one attached hydrogen (secondary N) is 1. The second-order valence-corrected chi connectivity index (χ2v) is 4.40. The van der Waals surface area contributed by atoms with Crippen molar-refractivity contribution in [2.45, 2.75) is 0 Å². The van der Waals surface area contributed by atoms with E-state index in [4.69, 9.17) is 23.2 Å². The number of carbonyl (C=O) groups excluding carboxylic acids is 1. The van der Waals surface area contributed by atoms with E-state index in [1.165, 1.54) is 30.3 Å². The zero-order chi connectivity index (χ0) is 13.1. The van der Waals surface area contributed by atoms with Crippen molar-refractivity contribution < 1.29 is 9.18 Å². The summed E-state index contributed by atoms with van der Waals surface area (Å²) in [5.74, 6) is -1.02. The highest BCUT2D eigenvalue weighted by atomic mass is 35.5. The highest BCUT2D eigenvalue weighted by Gasteiger charge is 2.12. The number of hydrogen-bond acceptors (Lipinski definition) is 1. The lowest BCUT2D eigenvalue weighted by atomic mass is 10.2. The highest BCUT2D eigenvalue weighted by Crippen LogP contribution is 2.22. The van der Waals surface area contributed by atoms with Crippen molar-refractivity contribution >= 4 is 34.8 Å². The molecule has 2 aromatic carbocycles. The van der Waals surface area contributed by atoms with Gasteiger partial charge in [-0.3, -0.25) is 4.79 Å². The van der Waals surface area contributed by atoms with E-state index in [1.807, 2.05) is 0 Å². The molecule has 92 valence electrons. The lowest BCUT2D eigenvalue weighted by molar-refractivity contribution is 0.102. The smallest absolute Gasteiger partial charge is 0.257 e. The first-order valence-electron chi connectivity index (χ1n) is 5.09. The van der Waals surface area contributed by atoms with Crippen LogP contribution in [0.25, 0.3) is 0 Å². The van der Waals surface area contributed by atoms with Gasteiger partial charge in [0.1, 0.15) is 5.82 Å². The molecule has 2 rings (SSSR count). The van der Waals surface area contributed by atoms with Gasteiger partial charge in [-0.15, -0.1) is 0 Å². The maximum absolute atomic E-state index is 13.4. The minimum Gasteiger partial charge on any atom is -0.319 e. The van der Waals surface area contributed by atoms with E-state index in [9.17, 15) is 9.18 Å². The quantitative estimate of drug-likeness (QED) is 0.870. The summed E-state index contributed by atoms with van der Waals surface area (Å²) in [5, 5.41) is 3.08. The van der Waals surface area contributed by atoms with Crippen molar-refractivity contribution in [3.63, 3.8) is 0 Å². The molecule has 1 N–H and O–H groups in total. The molecular formula is C13H8Cl2FNO. The Morgan fingerprint density at radius 1 is 1.11 bits per heavy atom. The largest absolute Gasteiger partial charge is 0.319 e. The van der Waals surface area contributed by atoms with Crippen LogP contribution in [0, 0.1) is 5.82 Å². The summed E-state index contributed by atoms with van der Waals surface area (Å²) >= 11 is 11.7. The van der Waals surface area contributed by atoms with Crippen molar-refractivity contribution in [2.24, 2.45) is 0 Å². The number of halogens is 3. The van der Waals surface area contributed by atoms with E-state index < -0.39 is 11.7 Å². The first-order valence-corrected chi connectivity index (χ1v) is 5.84. The molecule has 0 spiro atoms. The summed E-state index contributed by atoms with van der Waals surface area (Å²) in [6.07, 6.45) is 0. The highest BCUT2D eigenvalue weighted by molar-refractivity contribution is 6.36. The monoisotopic (exact) mass is 283 g/mol. The van der Waals surface area contributed by atoms with E-state index in [2.05, 4.69) is 5.32 Å². The third kappa shape index (κ3) is 2.81. The first kappa shape index (κ1) is 12.9. The lowest BCUT2D eigenvalue weighted by Gasteiger charge is -2.07. The van der Waals surface area contributed by atoms with Crippen LogP contribution >= 0.6 is 23.2 Å². The SMILES string of the molecule is O=C(Nc1ccccc1F)c1cc(Cl)ccc1Cl. The second-order valence-electron chi connectivity index (χ2n) is 3.56. The number of amides is 1. The number of anilines is 1. The molecule has 0 aliphatic rings. The topological polar surface area (TPSA) is 29.1 Å². The second kappa shape index (κ2) is 5.38. The zero-order valence-electron chi connectivity index (χ0n) is 9.08. The normalized spacial score (nSPS) is 10.2. The Balaban J connectivity index is 2.28. The molecule has 1 amide bonds. The molecule has 0 fully saturated rings. The summed E-state index contributed by atoms with van der Waals surface area (Å²) in [6.45, 7) is 0. The molecule has 5 heteroatoms. The van der Waals surface area contributed by atoms with Gasteiger partial charge in [0.25, 0.3) is 5.91 Å². The summed E-state index contributed by atoms with van der Waals surface area (Å²) < 4.78 is 13.4. The molecule has 0 aromatic heterocycles. The number of hydrogen-bond donors (Lipinski definition) is 1. The molecule has 0 heterocycles. The lowest BCUT2D eigenvalue weighted by Crippen LogP contribution is -2.13. The Labute approximate surface area is 113 Å². The molecule has 0 saturated heterocycles. The third-order valence-electron chi connectivity index (χ3n) is 2.30. The Bertz CT molecular complexity index is 601. The fourth-order valence-electron chi connectivity index (χ4n) is 1.42. The van der Waals surface area contributed by atoms with Crippen LogP contribution in [0.15, 0.2) is 42.5 Å². The van der Waals surface area contributed by atoms with Crippen molar-refractivity contribution in [2.75, 3.05) is 5.32 Å². The number of rotatable bonds is 2. The minimum absolute atomic E-state index is 0.0959. The first-order chi connectivity index (χ1) is 8.58. The third-order valence-corrected chi connectivity index (χ3v) is 2.86. The Kier molecular flexibility index (Phi) is 3.84. The fourth-order valence-corrected chi connectivity index (χ4v) is 1.80. The van der Waals surface area contributed by atoms with Gasteiger partial charge in [0.05, 0.1) is 16.3 Å². The predicted octanol–water partition coefficient (Wildman–Crippen LogP) is 4.38. The summed E-state index contributed by atoms with van der Waals surface area (Å²) in [7, 11) is 0. The van der Waals surface area contributed by atoms with Crippen LogP contribution in [0.3, 0.4) is 0 Å². The standard InChI is InChI=1S/C13H8Cl2FNO/c14-8-5-6-10(15)9(7-8)13(18)17-12-4-2-1-3-11(12)16/h1-7H,(H,17,18). The number of carbonyl (C=O) groups is 1. The van der Waals surface area contributed by atoms with Crippen LogP contribution in [0.5, 0.6) is 0 Å². The average Bonchev–Trinajstić information content (AvgIpc) is 2.35. The van der Waals surface area contributed by atoms with Crippen LogP contribution in [-0.2, 0) is 0 Å². The molecular weight excluding hydrogens is 276 g/mol. The maximum atomic E-state index is 13.4. The van der Waals surface area contributed by atoms with Crippen LogP contribution in [0.4, 0.5) is 10.1 Å². The van der Waals surface area contributed by atoms with Gasteiger partial charge >= 0.3 is 0 Å². The Morgan fingerprint density at radius 2 is 1.83 bits per heavy atom. The van der Waals surface area contributed by atoms with Gasteiger partial charge < -0.3 is 5.32 Å². The zero-order valence-corrected chi connectivity index (χ0v) is 10.6. The van der Waals surface area contributed by atoms with Gasteiger partial charge in [-0.05, 0) is 30.3 Å². The van der Waals surface area contributed by atoms with Crippen LogP contribution in [0.1, 0.15) is 10.4 Å². The Hall–Kier alpha value is -1.58. The summed E-state index contributed by atoms with van der Waals surface area (Å²) in [6, 6.07) is 10.4. The molecule has 0 unspecified atom stereocenters. The van der Waals surface area contributed by atoms with Crippen LogP contribution in [0.2, 0.25) is 10.0 Å². The van der Waals surface area contributed by atoms with E-state index in [0.29, 0.717) is 5.02 Å². The molecule has 0 aliphatic heterocycles. The predicted molar refractivity (Wildman–Crippen MR) is 70.8 cm³/mol. The molecule has 0 atom stereocenters. The van der Waals surface area contributed by atoms with Gasteiger partial charge in [-0.2, -0.15) is 0 Å². The Morgan fingerprint density at radius 3 is 2.56 bits per heavy atom. The van der Waals surface area contributed by atoms with Gasteiger partial charge in [-0.25, -0.2) is 4.39 Å². The van der Waals surface area contributed by atoms with Crippen molar-refractivity contribution in [1.29, 1.82) is 0 Å². The molecule has 0 radical (unpaired) electrons. The molecule has 0 aliphatic carbocycles. The molecule has 2 aromatic rings. The molecule has 0 bridgehead atoms. The van der Waals surface area contributed by atoms with E-state index >= 15 is 0 Å². The van der Waals surface area contributed by atoms with E-state index in [-0.39, 0.29) is 16.3 Å². The number of benzene rings is 2. The fraction of sp³-hybridized carbons (Fsp3) is 0.